The Balaban J connectivity index is 1.44. The number of Topliss-reactive ketones (excluding diaryl/α,β-unsaturated/α-hetero) is 1. The van der Waals surface area contributed by atoms with Crippen molar-refractivity contribution in [2.75, 3.05) is 6.61 Å². The van der Waals surface area contributed by atoms with Crippen LogP contribution in [-0.2, 0) is 29.4 Å². The second-order valence-electron chi connectivity index (χ2n) is 7.28. The molecule has 0 bridgehead atoms. The molecule has 0 fully saturated rings. The summed E-state index contributed by atoms with van der Waals surface area (Å²) < 4.78 is 11.8. The predicted molar refractivity (Wildman–Crippen MR) is 103 cm³/mol. The van der Waals surface area contributed by atoms with Crippen molar-refractivity contribution in [2.24, 2.45) is 7.05 Å². The van der Waals surface area contributed by atoms with E-state index in [0.717, 1.165) is 18.4 Å². The molecule has 2 heterocycles. The van der Waals surface area contributed by atoms with E-state index in [0.29, 0.717) is 30.1 Å². The predicted octanol–water partition coefficient (Wildman–Crippen LogP) is 2.88. The number of esters is 1. The third-order valence-electron chi connectivity index (χ3n) is 5.15. The maximum atomic E-state index is 12.5. The van der Waals surface area contributed by atoms with Crippen LogP contribution in [0.3, 0.4) is 0 Å². The molecule has 0 N–H and O–H groups in total. The molecule has 150 valence electrons. The molecule has 29 heavy (non-hydrogen) atoms. The molecule has 1 atom stereocenters. The van der Waals surface area contributed by atoms with Crippen LogP contribution in [-0.4, -0.2) is 38.3 Å². The van der Waals surface area contributed by atoms with Gasteiger partial charge < -0.3 is 9.26 Å². The van der Waals surface area contributed by atoms with Crippen LogP contribution in [0.15, 0.2) is 35.1 Å². The fraction of sp³-hybridized carbons (Fsp3) is 0.381. The van der Waals surface area contributed by atoms with E-state index in [2.05, 4.69) is 27.4 Å². The molecular weight excluding hydrogens is 372 g/mol. The average molecular weight is 394 g/mol. The van der Waals surface area contributed by atoms with Crippen molar-refractivity contribution in [2.45, 2.75) is 38.5 Å². The highest BCUT2D eigenvalue weighted by Gasteiger charge is 2.26. The fourth-order valence-corrected chi connectivity index (χ4v) is 3.72. The molecule has 3 aromatic rings. The lowest BCUT2D eigenvalue weighted by Gasteiger charge is -2.10. The van der Waals surface area contributed by atoms with Gasteiger partial charge in [0.1, 0.15) is 6.61 Å². The Hall–Kier alpha value is -3.29. The van der Waals surface area contributed by atoms with Gasteiger partial charge in [0.05, 0.1) is 18.2 Å². The Labute approximate surface area is 167 Å². The van der Waals surface area contributed by atoms with E-state index < -0.39 is 0 Å². The first kappa shape index (κ1) is 19.0. The summed E-state index contributed by atoms with van der Waals surface area (Å²) in [5.41, 5.74) is 3.97. The molecule has 0 saturated heterocycles. The van der Waals surface area contributed by atoms with Crippen LogP contribution >= 0.6 is 0 Å². The molecule has 0 radical (unpaired) electrons. The van der Waals surface area contributed by atoms with E-state index in [1.54, 1.807) is 17.1 Å². The highest BCUT2D eigenvalue weighted by Crippen LogP contribution is 2.38. The summed E-state index contributed by atoms with van der Waals surface area (Å²) in [4.78, 5) is 27.7. The Kier molecular flexibility index (Phi) is 5.24. The van der Waals surface area contributed by atoms with E-state index in [1.807, 2.05) is 13.1 Å². The molecule has 0 unspecified atom stereocenters. The number of aryl methyl sites for hydroxylation is 2. The topological polar surface area (TPSA) is 100 Å². The lowest BCUT2D eigenvalue weighted by atomic mass is 9.93. The molecule has 1 aliphatic carbocycles. The Morgan fingerprint density at radius 3 is 2.97 bits per heavy atom. The minimum absolute atomic E-state index is 0.121. The summed E-state index contributed by atoms with van der Waals surface area (Å²) in [5.74, 6) is 0.953. The summed E-state index contributed by atoms with van der Waals surface area (Å²) in [6, 6.07) is 6.10. The van der Waals surface area contributed by atoms with Crippen LogP contribution in [0.25, 0.3) is 11.4 Å². The second-order valence-corrected chi connectivity index (χ2v) is 7.28. The largest absolute Gasteiger partial charge is 0.465 e. The highest BCUT2D eigenvalue weighted by atomic mass is 16.5. The Bertz CT molecular complexity index is 1050. The second kappa shape index (κ2) is 7.98. The monoisotopic (exact) mass is 394 g/mol. The molecule has 8 nitrogen and oxygen atoms in total. The standard InChI is InChI=1S/C21H22N4O4/c1-13(26)28-8-7-20-23-21(24-29-20)16-5-6-18-14(9-16)3-4-15(18)10-19(27)17-11-22-25(2)12-17/h5-6,9,11-12,15H,3-4,7-8,10H2,1-2H3/t15-/m0/s1. The van der Waals surface area contributed by atoms with Gasteiger partial charge in [0, 0.05) is 32.2 Å². The zero-order valence-corrected chi connectivity index (χ0v) is 16.4. The summed E-state index contributed by atoms with van der Waals surface area (Å²) >= 11 is 0. The van der Waals surface area contributed by atoms with Crippen LogP contribution in [0.4, 0.5) is 0 Å². The lowest BCUT2D eigenvalue weighted by Crippen LogP contribution is -2.04. The number of fused-ring (bicyclic) bond motifs is 1. The minimum Gasteiger partial charge on any atom is -0.465 e. The zero-order valence-electron chi connectivity index (χ0n) is 16.4. The molecule has 0 amide bonds. The van der Waals surface area contributed by atoms with Crippen molar-refractivity contribution in [1.29, 1.82) is 0 Å². The molecule has 0 spiro atoms. The Morgan fingerprint density at radius 2 is 2.21 bits per heavy atom. The van der Waals surface area contributed by atoms with Crippen molar-refractivity contribution < 1.29 is 18.8 Å². The number of aromatic nitrogens is 4. The number of rotatable bonds is 7. The van der Waals surface area contributed by atoms with Gasteiger partial charge in [-0.2, -0.15) is 10.1 Å². The number of nitrogens with zero attached hydrogens (tertiary/aromatic N) is 4. The van der Waals surface area contributed by atoms with E-state index >= 15 is 0 Å². The van der Waals surface area contributed by atoms with Crippen molar-refractivity contribution in [1.82, 2.24) is 19.9 Å². The number of ether oxygens (including phenoxy) is 1. The quantitative estimate of drug-likeness (QED) is 0.449. The SMILES string of the molecule is CC(=O)OCCc1nc(-c2ccc3c(c2)CC[C@H]3CC(=O)c2cnn(C)c2)no1. The van der Waals surface area contributed by atoms with E-state index in [-0.39, 0.29) is 24.3 Å². The number of benzene rings is 1. The van der Waals surface area contributed by atoms with Gasteiger partial charge in [-0.1, -0.05) is 17.3 Å². The van der Waals surface area contributed by atoms with Gasteiger partial charge in [-0.3, -0.25) is 14.3 Å². The summed E-state index contributed by atoms with van der Waals surface area (Å²) in [6.45, 7) is 1.58. The maximum Gasteiger partial charge on any atom is 0.302 e. The molecule has 1 aliphatic rings. The van der Waals surface area contributed by atoms with Crippen LogP contribution < -0.4 is 0 Å². The number of carbonyl (C=O) groups excluding carboxylic acids is 2. The normalized spacial score (nSPS) is 15.3. The van der Waals surface area contributed by atoms with Crippen LogP contribution in [0.5, 0.6) is 0 Å². The molecule has 4 rings (SSSR count). The van der Waals surface area contributed by atoms with E-state index in [9.17, 15) is 9.59 Å². The average Bonchev–Trinajstić information content (AvgIpc) is 3.41. The summed E-state index contributed by atoms with van der Waals surface area (Å²) in [7, 11) is 1.81. The number of ketones is 1. The third kappa shape index (κ3) is 4.26. The number of hydrogen-bond donors (Lipinski definition) is 0. The van der Waals surface area contributed by atoms with Gasteiger partial charge in [0.25, 0.3) is 0 Å². The van der Waals surface area contributed by atoms with Crippen molar-refractivity contribution in [3.05, 3.63) is 53.2 Å². The van der Waals surface area contributed by atoms with Gasteiger partial charge in [0.2, 0.25) is 11.7 Å². The number of hydrogen-bond acceptors (Lipinski definition) is 7. The Morgan fingerprint density at radius 1 is 1.34 bits per heavy atom. The van der Waals surface area contributed by atoms with Crippen LogP contribution in [0.1, 0.15) is 53.1 Å². The van der Waals surface area contributed by atoms with Crippen molar-refractivity contribution in [3.63, 3.8) is 0 Å². The molecule has 0 saturated carbocycles. The van der Waals surface area contributed by atoms with Crippen LogP contribution in [0, 0.1) is 0 Å². The van der Waals surface area contributed by atoms with Gasteiger partial charge in [-0.05, 0) is 36.0 Å². The number of carbonyl (C=O) groups is 2. The van der Waals surface area contributed by atoms with E-state index in [4.69, 9.17) is 9.26 Å². The lowest BCUT2D eigenvalue weighted by molar-refractivity contribution is -0.140. The van der Waals surface area contributed by atoms with E-state index in [1.165, 1.54) is 18.1 Å². The summed E-state index contributed by atoms with van der Waals surface area (Å²) in [6.07, 6.45) is 6.12. The third-order valence-corrected chi connectivity index (χ3v) is 5.15. The van der Waals surface area contributed by atoms with Crippen molar-refractivity contribution in [3.8, 4) is 11.4 Å². The first-order valence-electron chi connectivity index (χ1n) is 9.60. The maximum absolute atomic E-state index is 12.5. The first-order valence-corrected chi connectivity index (χ1v) is 9.60. The molecule has 1 aromatic carbocycles. The van der Waals surface area contributed by atoms with Gasteiger partial charge >= 0.3 is 5.97 Å². The smallest absolute Gasteiger partial charge is 0.302 e. The zero-order chi connectivity index (χ0) is 20.4. The molecule has 8 heteroatoms. The van der Waals surface area contributed by atoms with Gasteiger partial charge in [-0.15, -0.1) is 0 Å². The molecular formula is C21H22N4O4. The van der Waals surface area contributed by atoms with Crippen LogP contribution in [0.2, 0.25) is 0 Å². The fourth-order valence-electron chi connectivity index (χ4n) is 3.72. The van der Waals surface area contributed by atoms with Crippen molar-refractivity contribution >= 4 is 11.8 Å². The molecule has 0 aliphatic heterocycles. The first-order chi connectivity index (χ1) is 14.0. The molecule has 2 aromatic heterocycles. The summed E-state index contributed by atoms with van der Waals surface area (Å²) in [5, 5.41) is 8.11. The minimum atomic E-state index is -0.333. The van der Waals surface area contributed by atoms with Gasteiger partial charge in [0.15, 0.2) is 5.78 Å². The van der Waals surface area contributed by atoms with Gasteiger partial charge in [-0.25, -0.2) is 0 Å². The highest BCUT2D eigenvalue weighted by molar-refractivity contribution is 5.96.